The van der Waals surface area contributed by atoms with Crippen LogP contribution in [-0.4, -0.2) is 0 Å². The van der Waals surface area contributed by atoms with Crippen LogP contribution in [0.1, 0.15) is 27.7 Å². The summed E-state index contributed by atoms with van der Waals surface area (Å²) in [5.74, 6) is 0. The lowest BCUT2D eigenvalue weighted by Gasteiger charge is -1.83. The lowest BCUT2D eigenvalue weighted by atomic mass is 10.2. The van der Waals surface area contributed by atoms with E-state index in [-0.39, 0.29) is 0 Å². The number of hydrogen-bond donors (Lipinski definition) is 0. The van der Waals surface area contributed by atoms with Crippen LogP contribution < -0.4 is 0 Å². The highest BCUT2D eigenvalue weighted by molar-refractivity contribution is 5.05. The minimum Gasteiger partial charge on any atom is -0.0758 e. The molecule has 0 aliphatic heterocycles. The van der Waals surface area contributed by atoms with Crippen LogP contribution in [0.3, 0.4) is 0 Å². The van der Waals surface area contributed by atoms with E-state index in [0.29, 0.717) is 0 Å². The second-order valence-electron chi connectivity index (χ2n) is 2.37. The topological polar surface area (TPSA) is 0 Å². The van der Waals surface area contributed by atoms with E-state index < -0.39 is 0 Å². The van der Waals surface area contributed by atoms with Crippen molar-refractivity contribution >= 4 is 0 Å². The normalized spacial score (nSPS) is 8.00. The molecule has 0 aromatic heterocycles. The molecule has 0 saturated heterocycles. The van der Waals surface area contributed by atoms with E-state index in [1.807, 2.05) is 19.9 Å². The molecule has 0 aromatic carbocycles. The van der Waals surface area contributed by atoms with E-state index in [1.165, 1.54) is 11.1 Å². The Morgan fingerprint density at radius 1 is 1.12 bits per heavy atom. The summed E-state index contributed by atoms with van der Waals surface area (Å²) in [5.41, 5.74) is 2.53. The fourth-order valence-electron chi connectivity index (χ4n) is 0.289. The maximum absolute atomic E-state index is 3.10. The van der Waals surface area contributed by atoms with Crippen LogP contribution in [0.4, 0.5) is 0 Å². The van der Waals surface area contributed by atoms with Gasteiger partial charge < -0.3 is 0 Å². The minimum atomic E-state index is 1.23. The Bertz CT molecular complexity index is 92.0. The third-order valence-corrected chi connectivity index (χ3v) is 0.650. The van der Waals surface area contributed by atoms with E-state index in [4.69, 9.17) is 0 Å². The molecule has 0 fully saturated rings. The third-order valence-electron chi connectivity index (χ3n) is 0.650. The summed E-state index contributed by atoms with van der Waals surface area (Å²) in [5, 5.41) is 0. The summed E-state index contributed by atoms with van der Waals surface area (Å²) in [6.45, 7) is 8.21. The van der Waals surface area contributed by atoms with E-state index in [0.717, 1.165) is 0 Å². The predicted molar refractivity (Wildman–Crippen MR) is 37.5 cm³/mol. The summed E-state index contributed by atoms with van der Waals surface area (Å²) in [7, 11) is 0. The molecular weight excluding hydrogens is 96.1 g/mol. The minimum absolute atomic E-state index is 1.23. The van der Waals surface area contributed by atoms with Gasteiger partial charge in [-0.3, -0.25) is 0 Å². The monoisotopic (exact) mass is 109 g/mol. The van der Waals surface area contributed by atoms with Crippen molar-refractivity contribution in [2.75, 3.05) is 0 Å². The van der Waals surface area contributed by atoms with Crippen molar-refractivity contribution in [1.82, 2.24) is 0 Å². The van der Waals surface area contributed by atoms with Crippen LogP contribution in [-0.2, 0) is 0 Å². The van der Waals surface area contributed by atoms with Crippen molar-refractivity contribution in [2.24, 2.45) is 0 Å². The maximum Gasteiger partial charge on any atom is -0.0199 e. The van der Waals surface area contributed by atoms with E-state index in [9.17, 15) is 0 Å². The second-order valence-corrected chi connectivity index (χ2v) is 2.37. The molecule has 45 valence electrons. The molecule has 0 amide bonds. The van der Waals surface area contributed by atoms with Crippen molar-refractivity contribution in [3.8, 4) is 0 Å². The average molecular weight is 109 g/mol. The molecule has 8 heavy (non-hydrogen) atoms. The molecule has 0 saturated carbocycles. The molecule has 0 bridgehead atoms. The zero-order chi connectivity index (χ0) is 6.57. The van der Waals surface area contributed by atoms with Gasteiger partial charge in [-0.25, -0.2) is 0 Å². The Kier molecular flexibility index (Phi) is 3.25. The van der Waals surface area contributed by atoms with Gasteiger partial charge in [-0.05, 0) is 33.8 Å². The highest BCUT2D eigenvalue weighted by Gasteiger charge is 1.73. The van der Waals surface area contributed by atoms with Crippen LogP contribution in [0.2, 0.25) is 0 Å². The molecule has 0 spiro atoms. The number of allylic oxidation sites excluding steroid dienone is 4. The highest BCUT2D eigenvalue weighted by atomic mass is 13.8. The first-order chi connectivity index (χ1) is 3.63. The van der Waals surface area contributed by atoms with E-state index in [1.54, 1.807) is 0 Å². The van der Waals surface area contributed by atoms with E-state index >= 15 is 0 Å². The molecule has 0 aliphatic carbocycles. The summed E-state index contributed by atoms with van der Waals surface area (Å²) < 4.78 is 0. The molecule has 0 aliphatic rings. The Morgan fingerprint density at radius 3 is 1.75 bits per heavy atom. The summed E-state index contributed by atoms with van der Waals surface area (Å²) in [4.78, 5) is 0. The van der Waals surface area contributed by atoms with Gasteiger partial charge >= 0.3 is 0 Å². The fraction of sp³-hybridized carbons (Fsp3) is 0.500. The van der Waals surface area contributed by atoms with Crippen molar-refractivity contribution in [3.63, 3.8) is 0 Å². The Labute approximate surface area is 51.9 Å². The van der Waals surface area contributed by atoms with Gasteiger partial charge in [0.2, 0.25) is 0 Å². The molecule has 0 atom stereocenters. The molecule has 0 N–H and O–H groups in total. The first-order valence-electron chi connectivity index (χ1n) is 2.83. The Hall–Kier alpha value is -0.520. The van der Waals surface area contributed by atoms with Crippen LogP contribution in [0.15, 0.2) is 17.2 Å². The molecule has 0 aromatic rings. The standard InChI is InChI=1S/C8H13/c1-7(2)5-6-8(3)4/h5H,1-4H3. The van der Waals surface area contributed by atoms with Gasteiger partial charge in [0.1, 0.15) is 0 Å². The Balaban J connectivity index is 3.76. The SMILES string of the molecule is CC(C)=[C]C=C(C)C. The Morgan fingerprint density at radius 2 is 1.62 bits per heavy atom. The summed E-state index contributed by atoms with van der Waals surface area (Å²) in [6.07, 6.45) is 5.09. The van der Waals surface area contributed by atoms with Crippen LogP contribution in [0.25, 0.3) is 0 Å². The van der Waals surface area contributed by atoms with Crippen molar-refractivity contribution in [2.45, 2.75) is 27.7 Å². The first kappa shape index (κ1) is 7.48. The average Bonchev–Trinajstić information content (AvgIpc) is 1.61. The van der Waals surface area contributed by atoms with Gasteiger partial charge in [0, 0.05) is 0 Å². The molecule has 0 heterocycles. The number of rotatable bonds is 1. The van der Waals surface area contributed by atoms with Gasteiger partial charge in [-0.15, -0.1) is 0 Å². The van der Waals surface area contributed by atoms with Gasteiger partial charge in [0.25, 0.3) is 0 Å². The lowest BCUT2D eigenvalue weighted by Crippen LogP contribution is -1.63. The van der Waals surface area contributed by atoms with Crippen LogP contribution in [0, 0.1) is 6.08 Å². The van der Waals surface area contributed by atoms with Crippen LogP contribution in [0.5, 0.6) is 0 Å². The number of hydrogen-bond acceptors (Lipinski definition) is 0. The summed E-state index contributed by atoms with van der Waals surface area (Å²) in [6, 6.07) is 0. The molecule has 0 nitrogen and oxygen atoms in total. The molecule has 0 rings (SSSR count). The summed E-state index contributed by atoms with van der Waals surface area (Å²) >= 11 is 0. The zero-order valence-corrected chi connectivity index (χ0v) is 6.08. The molecule has 1 radical (unpaired) electrons. The second kappa shape index (κ2) is 3.48. The quantitative estimate of drug-likeness (QED) is 0.454. The predicted octanol–water partition coefficient (Wildman–Crippen LogP) is 2.72. The third kappa shape index (κ3) is 5.48. The fourth-order valence-corrected chi connectivity index (χ4v) is 0.289. The smallest absolute Gasteiger partial charge is 0.0199 e. The van der Waals surface area contributed by atoms with Crippen molar-refractivity contribution in [3.05, 3.63) is 23.3 Å². The van der Waals surface area contributed by atoms with Crippen molar-refractivity contribution in [1.29, 1.82) is 0 Å². The molecular formula is C8H13. The first-order valence-corrected chi connectivity index (χ1v) is 2.83. The van der Waals surface area contributed by atoms with Crippen LogP contribution >= 0.6 is 0 Å². The van der Waals surface area contributed by atoms with Gasteiger partial charge in [-0.1, -0.05) is 17.2 Å². The molecule has 0 unspecified atom stereocenters. The van der Waals surface area contributed by atoms with E-state index in [2.05, 4.69) is 19.9 Å². The molecule has 0 heteroatoms. The lowest BCUT2D eigenvalue weighted by molar-refractivity contribution is 1.33. The largest absolute Gasteiger partial charge is 0.0758 e. The maximum atomic E-state index is 3.10. The van der Waals surface area contributed by atoms with Crippen molar-refractivity contribution < 1.29 is 0 Å². The van der Waals surface area contributed by atoms with Gasteiger partial charge in [-0.2, -0.15) is 0 Å². The zero-order valence-electron chi connectivity index (χ0n) is 6.08. The highest BCUT2D eigenvalue weighted by Crippen LogP contribution is 1.92. The van der Waals surface area contributed by atoms with Gasteiger partial charge in [0.15, 0.2) is 0 Å². The van der Waals surface area contributed by atoms with Gasteiger partial charge in [0.05, 0.1) is 0 Å².